The van der Waals surface area contributed by atoms with Crippen LogP contribution in [0.4, 0.5) is 0 Å². The molecule has 24 heavy (non-hydrogen) atoms. The van der Waals surface area contributed by atoms with Gasteiger partial charge in [0.1, 0.15) is 0 Å². The highest BCUT2D eigenvalue weighted by molar-refractivity contribution is 7.09. The van der Waals surface area contributed by atoms with Crippen LogP contribution in [0.25, 0.3) is 0 Å². The summed E-state index contributed by atoms with van der Waals surface area (Å²) >= 11 is 1.78. The molecule has 0 aliphatic carbocycles. The zero-order valence-corrected chi connectivity index (χ0v) is 15.2. The molecule has 2 aromatic heterocycles. The van der Waals surface area contributed by atoms with Gasteiger partial charge in [-0.3, -0.25) is 0 Å². The van der Waals surface area contributed by atoms with E-state index in [1.807, 2.05) is 18.3 Å². The molecule has 2 N–H and O–H groups in total. The molecule has 0 atom stereocenters. The van der Waals surface area contributed by atoms with Crippen molar-refractivity contribution in [2.75, 3.05) is 19.7 Å². The fourth-order valence-electron chi connectivity index (χ4n) is 2.07. The quantitative estimate of drug-likeness (QED) is 0.541. The van der Waals surface area contributed by atoms with Gasteiger partial charge in [-0.1, -0.05) is 19.1 Å². The fraction of sp³-hybridized carbons (Fsp3) is 0.444. The maximum absolute atomic E-state index is 5.49. The minimum absolute atomic E-state index is 0.593. The molecule has 0 unspecified atom stereocenters. The van der Waals surface area contributed by atoms with Crippen LogP contribution in [0.1, 0.15) is 30.7 Å². The Balaban J connectivity index is 1.82. The Hall–Kier alpha value is -2.08. The average Bonchev–Trinajstić information content (AvgIpc) is 3.12. The maximum Gasteiger partial charge on any atom is 0.213 e. The number of hydrogen-bond acceptors (Lipinski definition) is 4. The van der Waals surface area contributed by atoms with Crippen molar-refractivity contribution in [2.24, 2.45) is 4.99 Å². The van der Waals surface area contributed by atoms with Crippen molar-refractivity contribution in [3.05, 3.63) is 46.3 Å². The van der Waals surface area contributed by atoms with Crippen LogP contribution in [0.5, 0.6) is 5.88 Å². The molecule has 2 aromatic rings. The van der Waals surface area contributed by atoms with Crippen LogP contribution in [0.3, 0.4) is 0 Å². The van der Waals surface area contributed by atoms with Gasteiger partial charge in [-0.05, 0) is 36.8 Å². The highest BCUT2D eigenvalue weighted by Gasteiger charge is 2.00. The van der Waals surface area contributed by atoms with Gasteiger partial charge in [0.15, 0.2) is 5.96 Å². The molecule has 0 aliphatic rings. The monoisotopic (exact) mass is 346 g/mol. The fourth-order valence-corrected chi connectivity index (χ4v) is 2.78. The molecular formula is C18H26N4OS. The first-order valence-corrected chi connectivity index (χ1v) is 9.32. The summed E-state index contributed by atoms with van der Waals surface area (Å²) in [6, 6.07) is 8.15. The largest absolute Gasteiger partial charge is 0.478 e. The second-order valence-corrected chi connectivity index (χ2v) is 6.34. The van der Waals surface area contributed by atoms with E-state index in [-0.39, 0.29) is 0 Å². The Morgan fingerprint density at radius 3 is 2.83 bits per heavy atom. The number of aliphatic imine (C=N–C) groups is 1. The van der Waals surface area contributed by atoms with Gasteiger partial charge in [0.05, 0.1) is 13.2 Å². The van der Waals surface area contributed by atoms with Crippen molar-refractivity contribution in [1.82, 2.24) is 15.6 Å². The smallest absolute Gasteiger partial charge is 0.213 e. The molecule has 0 spiro atoms. The third-order valence-electron chi connectivity index (χ3n) is 3.26. The molecule has 5 nitrogen and oxygen atoms in total. The molecule has 0 bridgehead atoms. The van der Waals surface area contributed by atoms with E-state index in [4.69, 9.17) is 4.74 Å². The van der Waals surface area contributed by atoms with Crippen LogP contribution in [-0.2, 0) is 13.0 Å². The van der Waals surface area contributed by atoms with Crippen LogP contribution in [0.2, 0.25) is 0 Å². The topological polar surface area (TPSA) is 58.5 Å². The van der Waals surface area contributed by atoms with Crippen LogP contribution < -0.4 is 15.4 Å². The maximum atomic E-state index is 5.49. The first-order chi connectivity index (χ1) is 11.8. The number of aromatic nitrogens is 1. The van der Waals surface area contributed by atoms with Gasteiger partial charge < -0.3 is 15.4 Å². The predicted molar refractivity (Wildman–Crippen MR) is 101 cm³/mol. The molecule has 2 rings (SSSR count). The van der Waals surface area contributed by atoms with E-state index in [0.717, 1.165) is 37.5 Å². The summed E-state index contributed by atoms with van der Waals surface area (Å²) in [5.74, 6) is 1.51. The predicted octanol–water partition coefficient (Wildman–Crippen LogP) is 3.23. The summed E-state index contributed by atoms with van der Waals surface area (Å²) in [5.41, 5.74) is 1.06. The summed E-state index contributed by atoms with van der Waals surface area (Å²) in [6.45, 7) is 7.15. The average molecular weight is 346 g/mol. The first-order valence-electron chi connectivity index (χ1n) is 8.44. The van der Waals surface area contributed by atoms with Gasteiger partial charge in [-0.15, -0.1) is 11.3 Å². The minimum Gasteiger partial charge on any atom is -0.478 e. The van der Waals surface area contributed by atoms with Crippen LogP contribution in [0.15, 0.2) is 40.8 Å². The van der Waals surface area contributed by atoms with E-state index in [2.05, 4.69) is 52.0 Å². The summed E-state index contributed by atoms with van der Waals surface area (Å²) in [5, 5.41) is 8.75. The van der Waals surface area contributed by atoms with E-state index >= 15 is 0 Å². The van der Waals surface area contributed by atoms with E-state index in [1.165, 1.54) is 4.88 Å². The molecular weight excluding hydrogens is 320 g/mol. The highest BCUT2D eigenvalue weighted by atomic mass is 32.1. The summed E-state index contributed by atoms with van der Waals surface area (Å²) in [7, 11) is 0. The molecule has 0 fully saturated rings. The Morgan fingerprint density at radius 1 is 1.25 bits per heavy atom. The van der Waals surface area contributed by atoms with Gasteiger partial charge >= 0.3 is 0 Å². The molecule has 0 saturated heterocycles. The summed E-state index contributed by atoms with van der Waals surface area (Å²) in [4.78, 5) is 10.3. The number of hydrogen-bond donors (Lipinski definition) is 2. The van der Waals surface area contributed by atoms with Crippen molar-refractivity contribution >= 4 is 17.3 Å². The van der Waals surface area contributed by atoms with Crippen molar-refractivity contribution in [2.45, 2.75) is 33.2 Å². The second kappa shape index (κ2) is 10.6. The zero-order valence-electron chi connectivity index (χ0n) is 14.4. The van der Waals surface area contributed by atoms with Gasteiger partial charge in [-0.2, -0.15) is 0 Å². The highest BCUT2D eigenvalue weighted by Crippen LogP contribution is 2.09. The lowest BCUT2D eigenvalue weighted by Gasteiger charge is -2.11. The Bertz CT molecular complexity index is 596. The molecule has 130 valence electrons. The van der Waals surface area contributed by atoms with Gasteiger partial charge in [-0.25, -0.2) is 9.98 Å². The third kappa shape index (κ3) is 6.58. The van der Waals surface area contributed by atoms with Crippen LogP contribution in [0, 0.1) is 0 Å². The Kier molecular flexibility index (Phi) is 8.10. The van der Waals surface area contributed by atoms with Gasteiger partial charge in [0, 0.05) is 30.2 Å². The van der Waals surface area contributed by atoms with Gasteiger partial charge in [0.2, 0.25) is 5.88 Å². The van der Waals surface area contributed by atoms with E-state index in [9.17, 15) is 0 Å². The number of guanidine groups is 1. The lowest BCUT2D eigenvalue weighted by Crippen LogP contribution is -2.38. The molecule has 0 radical (unpaired) electrons. The summed E-state index contributed by atoms with van der Waals surface area (Å²) < 4.78 is 5.49. The van der Waals surface area contributed by atoms with Gasteiger partial charge in [0.25, 0.3) is 0 Å². The second-order valence-electron chi connectivity index (χ2n) is 5.30. The van der Waals surface area contributed by atoms with Crippen LogP contribution in [-0.4, -0.2) is 30.6 Å². The van der Waals surface area contributed by atoms with Crippen molar-refractivity contribution in [3.63, 3.8) is 0 Å². The molecule has 0 aromatic carbocycles. The Labute approximate surface area is 148 Å². The molecule has 6 heteroatoms. The number of nitrogens with zero attached hydrogens (tertiary/aromatic N) is 2. The normalized spacial score (nSPS) is 11.3. The molecule has 0 aliphatic heterocycles. The molecule has 0 amide bonds. The van der Waals surface area contributed by atoms with Crippen molar-refractivity contribution in [3.8, 4) is 5.88 Å². The molecule has 2 heterocycles. The SMILES string of the molecule is CCCOc1ccc(CN=C(NCC)NCCc2cccs2)cn1. The van der Waals surface area contributed by atoms with E-state index < -0.39 is 0 Å². The lowest BCUT2D eigenvalue weighted by atomic mass is 10.3. The number of thiophene rings is 1. The van der Waals surface area contributed by atoms with Crippen molar-refractivity contribution < 1.29 is 4.74 Å². The zero-order chi connectivity index (χ0) is 17.0. The number of nitrogens with one attached hydrogen (secondary N) is 2. The van der Waals surface area contributed by atoms with Crippen LogP contribution >= 0.6 is 11.3 Å². The molecule has 0 saturated carbocycles. The number of ether oxygens (including phenoxy) is 1. The third-order valence-corrected chi connectivity index (χ3v) is 4.20. The number of rotatable bonds is 9. The summed E-state index contributed by atoms with van der Waals surface area (Å²) in [6.07, 6.45) is 3.81. The van der Waals surface area contributed by atoms with Crippen molar-refractivity contribution in [1.29, 1.82) is 0 Å². The minimum atomic E-state index is 0.593. The van der Waals surface area contributed by atoms with E-state index in [0.29, 0.717) is 19.0 Å². The lowest BCUT2D eigenvalue weighted by molar-refractivity contribution is 0.305. The number of pyridine rings is 1. The Morgan fingerprint density at radius 2 is 2.17 bits per heavy atom. The van der Waals surface area contributed by atoms with E-state index in [1.54, 1.807) is 11.3 Å². The first kappa shape index (κ1) is 18.3. The standard InChI is InChI=1S/C18H26N4OS/c1-3-11-23-17-8-7-15(13-21-17)14-22-18(19-4-2)20-10-9-16-6-5-12-24-16/h5-8,12-13H,3-4,9-11,14H2,1-2H3,(H2,19,20,22).